The van der Waals surface area contributed by atoms with Gasteiger partial charge in [-0.15, -0.1) is 0 Å². The van der Waals surface area contributed by atoms with Crippen LogP contribution in [-0.4, -0.2) is 36.3 Å². The first kappa shape index (κ1) is 21.9. The summed E-state index contributed by atoms with van der Waals surface area (Å²) >= 11 is 8.91. The Morgan fingerprint density at radius 1 is 0.857 bits per heavy atom. The molecule has 2 N–H and O–H groups in total. The zero-order valence-electron chi connectivity index (χ0n) is 13.7. The lowest BCUT2D eigenvalue weighted by Crippen LogP contribution is -2.07. The molecule has 0 unspecified atom stereocenters. The topological polar surface area (TPSA) is 133 Å². The van der Waals surface area contributed by atoms with Gasteiger partial charge in [-0.2, -0.15) is 26.8 Å². The van der Waals surface area contributed by atoms with E-state index in [0.29, 0.717) is 5.56 Å². The fourth-order valence-electron chi connectivity index (χ4n) is 2.32. The zero-order chi connectivity index (χ0) is 20.9. The molecule has 0 radical (unpaired) electrons. The second-order valence-corrected chi connectivity index (χ2v) is 8.17. The van der Waals surface area contributed by atoms with Crippen LogP contribution >= 0.6 is 24.4 Å². The molecule has 0 spiro atoms. The van der Waals surface area contributed by atoms with Gasteiger partial charge >= 0.3 is 0 Å². The van der Waals surface area contributed by atoms with E-state index in [0.717, 1.165) is 6.07 Å². The summed E-state index contributed by atoms with van der Waals surface area (Å²) in [5, 5.41) is 3.76. The van der Waals surface area contributed by atoms with Crippen molar-refractivity contribution in [1.29, 1.82) is 0 Å². The van der Waals surface area contributed by atoms with Gasteiger partial charge in [-0.05, 0) is 36.1 Å². The van der Waals surface area contributed by atoms with Crippen molar-refractivity contribution in [3.63, 3.8) is 0 Å². The van der Waals surface area contributed by atoms with Crippen LogP contribution in [-0.2, 0) is 20.2 Å². The van der Waals surface area contributed by atoms with E-state index in [-0.39, 0.29) is 5.56 Å². The standard InChI is InChI=1S/C16H10N2O6S4/c19-27(20,21)15-12(7-6-11-4-2-1-3-5-11)8-13(17-9-25)16(28(22,23)24)14(15)18-10-26/h1-8H,(H,19,20,21)(H,22,23,24). The lowest BCUT2D eigenvalue weighted by molar-refractivity contribution is 0.482. The fourth-order valence-corrected chi connectivity index (χ4v) is 4.15. The van der Waals surface area contributed by atoms with Crippen LogP contribution in [0.25, 0.3) is 12.2 Å². The summed E-state index contributed by atoms with van der Waals surface area (Å²) < 4.78 is 66.7. The van der Waals surface area contributed by atoms with Gasteiger partial charge in [-0.25, -0.2) is 0 Å². The maximum absolute atomic E-state index is 12.0. The van der Waals surface area contributed by atoms with E-state index in [1.165, 1.54) is 12.2 Å². The molecular formula is C16H10N2O6S4. The fraction of sp³-hybridized carbons (Fsp3) is 0. The average molecular weight is 455 g/mol. The summed E-state index contributed by atoms with van der Waals surface area (Å²) in [6, 6.07) is 9.71. The van der Waals surface area contributed by atoms with Crippen molar-refractivity contribution in [1.82, 2.24) is 0 Å². The summed E-state index contributed by atoms with van der Waals surface area (Å²) in [7, 11) is -10.0. The number of thiocarbonyl (C=S) groups is 2. The molecule has 0 heterocycles. The van der Waals surface area contributed by atoms with E-state index in [1.807, 2.05) is 10.3 Å². The van der Waals surface area contributed by atoms with Gasteiger partial charge < -0.3 is 0 Å². The monoisotopic (exact) mass is 454 g/mol. The second kappa shape index (κ2) is 8.74. The molecule has 2 aromatic carbocycles. The van der Waals surface area contributed by atoms with Gasteiger partial charge in [-0.1, -0.05) is 42.5 Å². The molecule has 28 heavy (non-hydrogen) atoms. The summed E-state index contributed by atoms with van der Waals surface area (Å²) in [6.45, 7) is 0. The van der Waals surface area contributed by atoms with Gasteiger partial charge in [0.05, 0.1) is 16.0 Å². The quantitative estimate of drug-likeness (QED) is 0.291. The van der Waals surface area contributed by atoms with Crippen LogP contribution in [0.3, 0.4) is 0 Å². The van der Waals surface area contributed by atoms with Gasteiger partial charge in [0.1, 0.15) is 15.5 Å². The Kier molecular flexibility index (Phi) is 6.83. The second-order valence-electron chi connectivity index (χ2n) is 5.09. The number of aliphatic imine (C=N–C) groups is 2. The number of isothiocyanates is 2. The lowest BCUT2D eigenvalue weighted by Gasteiger charge is -2.12. The molecule has 0 aliphatic heterocycles. The number of benzene rings is 2. The first-order valence-electron chi connectivity index (χ1n) is 7.14. The Labute approximate surface area is 171 Å². The predicted octanol–water partition coefficient (Wildman–Crippen LogP) is 3.82. The van der Waals surface area contributed by atoms with Crippen molar-refractivity contribution in [3.05, 3.63) is 47.5 Å². The lowest BCUT2D eigenvalue weighted by atomic mass is 10.1. The third-order valence-electron chi connectivity index (χ3n) is 3.31. The van der Waals surface area contributed by atoms with Crippen LogP contribution in [0.1, 0.15) is 11.1 Å². The zero-order valence-corrected chi connectivity index (χ0v) is 16.9. The maximum atomic E-state index is 12.0. The largest absolute Gasteiger partial charge is 0.298 e. The molecule has 144 valence electrons. The molecule has 0 saturated carbocycles. The minimum absolute atomic E-state index is 0.174. The molecule has 0 aliphatic rings. The minimum atomic E-state index is -5.03. The van der Waals surface area contributed by atoms with Crippen LogP contribution in [0.2, 0.25) is 0 Å². The highest BCUT2D eigenvalue weighted by molar-refractivity contribution is 7.87. The van der Waals surface area contributed by atoms with Crippen molar-refractivity contribution in [2.24, 2.45) is 9.98 Å². The highest BCUT2D eigenvalue weighted by atomic mass is 32.2. The predicted molar refractivity (Wildman–Crippen MR) is 111 cm³/mol. The molecule has 2 aromatic rings. The smallest absolute Gasteiger partial charge is 0.282 e. The first-order valence-corrected chi connectivity index (χ1v) is 10.8. The minimum Gasteiger partial charge on any atom is -0.282 e. The highest BCUT2D eigenvalue weighted by Crippen LogP contribution is 2.41. The van der Waals surface area contributed by atoms with Crippen LogP contribution in [0.4, 0.5) is 11.4 Å². The molecule has 0 bridgehead atoms. The van der Waals surface area contributed by atoms with Crippen LogP contribution in [0, 0.1) is 0 Å². The Balaban J connectivity index is 3.02. The van der Waals surface area contributed by atoms with E-state index in [2.05, 4.69) is 34.4 Å². The maximum Gasteiger partial charge on any atom is 0.298 e. The van der Waals surface area contributed by atoms with Crippen molar-refractivity contribution in [2.75, 3.05) is 0 Å². The molecule has 12 heteroatoms. The number of nitrogens with zero attached hydrogens (tertiary/aromatic N) is 2. The van der Waals surface area contributed by atoms with Crippen LogP contribution in [0.15, 0.2) is 56.2 Å². The van der Waals surface area contributed by atoms with E-state index >= 15 is 0 Å². The highest BCUT2D eigenvalue weighted by Gasteiger charge is 2.31. The van der Waals surface area contributed by atoms with Gasteiger partial charge in [-0.3, -0.25) is 9.11 Å². The van der Waals surface area contributed by atoms with E-state index in [9.17, 15) is 25.9 Å². The summed E-state index contributed by atoms with van der Waals surface area (Å²) in [4.78, 5) is 5.07. The van der Waals surface area contributed by atoms with Crippen molar-refractivity contribution in [3.8, 4) is 0 Å². The molecule has 0 fully saturated rings. The molecule has 0 amide bonds. The Morgan fingerprint density at radius 2 is 1.43 bits per heavy atom. The van der Waals surface area contributed by atoms with Crippen LogP contribution < -0.4 is 0 Å². The molecular weight excluding hydrogens is 444 g/mol. The molecule has 0 atom stereocenters. The van der Waals surface area contributed by atoms with Crippen molar-refractivity contribution >= 4 is 78.5 Å². The third kappa shape index (κ3) is 5.10. The molecule has 8 nitrogen and oxygen atoms in total. The number of hydrogen-bond acceptors (Lipinski definition) is 8. The molecule has 2 rings (SSSR count). The Bertz CT molecular complexity index is 1260. The number of hydrogen-bond donors (Lipinski definition) is 2. The van der Waals surface area contributed by atoms with Crippen molar-refractivity contribution in [2.45, 2.75) is 9.79 Å². The first-order chi connectivity index (χ1) is 13.1. The number of rotatable bonds is 6. The summed E-state index contributed by atoms with van der Waals surface area (Å²) in [6.07, 6.45) is 2.80. The SMILES string of the molecule is O=S(=O)(O)c1c(C=Cc2ccccc2)cc(N=C=S)c(S(=O)(=O)O)c1N=C=S. The third-order valence-corrected chi connectivity index (χ3v) is 5.36. The van der Waals surface area contributed by atoms with Crippen LogP contribution in [0.5, 0.6) is 0 Å². The van der Waals surface area contributed by atoms with Crippen molar-refractivity contribution < 1.29 is 25.9 Å². The Morgan fingerprint density at radius 3 is 1.93 bits per heavy atom. The summed E-state index contributed by atoms with van der Waals surface area (Å²) in [5.41, 5.74) is -0.782. The average Bonchev–Trinajstić information content (AvgIpc) is 2.59. The van der Waals surface area contributed by atoms with Gasteiger partial charge in [0.15, 0.2) is 0 Å². The normalized spacial score (nSPS) is 11.6. The van der Waals surface area contributed by atoms with Gasteiger partial charge in [0, 0.05) is 5.56 Å². The summed E-state index contributed by atoms with van der Waals surface area (Å²) in [5.74, 6) is 0. The van der Waals surface area contributed by atoms with E-state index in [4.69, 9.17) is 0 Å². The molecule has 0 saturated heterocycles. The molecule has 0 aliphatic carbocycles. The van der Waals surface area contributed by atoms with Gasteiger partial charge in [0.25, 0.3) is 20.2 Å². The van der Waals surface area contributed by atoms with Gasteiger partial charge in [0.2, 0.25) is 0 Å². The molecule has 0 aromatic heterocycles. The Hall–Kier alpha value is -2.40. The van der Waals surface area contributed by atoms with E-state index in [1.54, 1.807) is 30.3 Å². The van der Waals surface area contributed by atoms with E-state index < -0.39 is 41.4 Å².